The minimum absolute atomic E-state index is 0.132. The Morgan fingerprint density at radius 3 is 1.75 bits per heavy atom. The Kier molecular flexibility index (Phi) is 16.5. The Labute approximate surface area is 192 Å². The number of carboxylic acids is 1. The zero-order chi connectivity index (χ0) is 24.4. The number of esters is 3. The first-order valence-corrected chi connectivity index (χ1v) is 12.0. The van der Waals surface area contributed by atoms with E-state index < -0.39 is 42.3 Å². The summed E-state index contributed by atoms with van der Waals surface area (Å²) >= 11 is 0. The standard InChI is InChI=1S/C24H42O8/c1-4-6-8-10-13-20(14-11-9-7-5-2)15-12-16-31-21(26)17-24(30,23(28)29)18-22(27)32-19(3)25/h20,30H,4-18H2,1-3H3,(H,28,29). The number of carbonyl (C=O) groups excluding carboxylic acids is 3. The molecule has 1 atom stereocenters. The van der Waals surface area contributed by atoms with Crippen LogP contribution in [-0.4, -0.2) is 46.3 Å². The monoisotopic (exact) mass is 458 g/mol. The van der Waals surface area contributed by atoms with E-state index >= 15 is 0 Å². The second-order valence-corrected chi connectivity index (χ2v) is 8.58. The molecule has 0 saturated carbocycles. The Balaban J connectivity index is 4.48. The summed E-state index contributed by atoms with van der Waals surface area (Å²) in [5.41, 5.74) is -2.68. The predicted molar refractivity (Wildman–Crippen MR) is 120 cm³/mol. The fourth-order valence-corrected chi connectivity index (χ4v) is 3.65. The van der Waals surface area contributed by atoms with Crippen molar-refractivity contribution in [3.8, 4) is 0 Å². The van der Waals surface area contributed by atoms with E-state index in [1.165, 1.54) is 51.4 Å². The molecule has 0 aliphatic rings. The molecule has 0 spiro atoms. The molecule has 0 aliphatic carbocycles. The molecule has 0 heterocycles. The topological polar surface area (TPSA) is 127 Å². The summed E-state index contributed by atoms with van der Waals surface area (Å²) in [5.74, 6) is -4.23. The molecule has 0 fully saturated rings. The summed E-state index contributed by atoms with van der Waals surface area (Å²) in [6, 6.07) is 0. The minimum atomic E-state index is -2.68. The van der Waals surface area contributed by atoms with Gasteiger partial charge in [-0.05, 0) is 18.8 Å². The first kappa shape index (κ1) is 30.0. The summed E-state index contributed by atoms with van der Waals surface area (Å²) in [4.78, 5) is 45.7. The third-order valence-corrected chi connectivity index (χ3v) is 5.48. The molecule has 0 amide bonds. The van der Waals surface area contributed by atoms with Crippen molar-refractivity contribution in [2.75, 3.05) is 6.61 Å². The molecule has 0 bridgehead atoms. The summed E-state index contributed by atoms with van der Waals surface area (Å²) in [6.45, 7) is 5.49. The van der Waals surface area contributed by atoms with Gasteiger partial charge in [0.1, 0.15) is 0 Å². The van der Waals surface area contributed by atoms with Gasteiger partial charge in [-0.2, -0.15) is 0 Å². The smallest absolute Gasteiger partial charge is 0.336 e. The molecule has 0 aromatic rings. The van der Waals surface area contributed by atoms with Gasteiger partial charge in [-0.15, -0.1) is 0 Å². The average Bonchev–Trinajstić information content (AvgIpc) is 2.70. The molecule has 0 aromatic heterocycles. The highest BCUT2D eigenvalue weighted by molar-refractivity contribution is 5.91. The third-order valence-electron chi connectivity index (χ3n) is 5.48. The molecule has 32 heavy (non-hydrogen) atoms. The van der Waals surface area contributed by atoms with Gasteiger partial charge < -0.3 is 19.7 Å². The van der Waals surface area contributed by atoms with Crippen LogP contribution >= 0.6 is 0 Å². The van der Waals surface area contributed by atoms with E-state index in [4.69, 9.17) is 4.74 Å². The number of hydrogen-bond donors (Lipinski definition) is 2. The minimum Gasteiger partial charge on any atom is -0.479 e. The lowest BCUT2D eigenvalue weighted by Gasteiger charge is -2.21. The van der Waals surface area contributed by atoms with Crippen molar-refractivity contribution in [2.45, 2.75) is 116 Å². The van der Waals surface area contributed by atoms with Crippen molar-refractivity contribution in [1.82, 2.24) is 0 Å². The number of aliphatic carboxylic acids is 1. The van der Waals surface area contributed by atoms with E-state index in [0.717, 1.165) is 26.2 Å². The van der Waals surface area contributed by atoms with E-state index in [0.29, 0.717) is 12.3 Å². The molecule has 2 N–H and O–H groups in total. The first-order valence-electron chi connectivity index (χ1n) is 12.0. The second-order valence-electron chi connectivity index (χ2n) is 8.58. The van der Waals surface area contributed by atoms with Gasteiger partial charge in [0.15, 0.2) is 5.60 Å². The molecule has 8 heteroatoms. The third kappa shape index (κ3) is 14.9. The van der Waals surface area contributed by atoms with Gasteiger partial charge in [-0.25, -0.2) is 4.79 Å². The van der Waals surface area contributed by atoms with Gasteiger partial charge in [-0.1, -0.05) is 78.1 Å². The summed E-state index contributed by atoms with van der Waals surface area (Å²) in [5, 5.41) is 19.4. The van der Waals surface area contributed by atoms with Crippen LogP contribution in [0.2, 0.25) is 0 Å². The number of hydrogen-bond acceptors (Lipinski definition) is 7. The first-order chi connectivity index (χ1) is 15.1. The zero-order valence-corrected chi connectivity index (χ0v) is 20.0. The van der Waals surface area contributed by atoms with Gasteiger partial charge in [0, 0.05) is 6.92 Å². The van der Waals surface area contributed by atoms with Crippen molar-refractivity contribution in [3.05, 3.63) is 0 Å². The van der Waals surface area contributed by atoms with Crippen molar-refractivity contribution in [1.29, 1.82) is 0 Å². The van der Waals surface area contributed by atoms with Crippen molar-refractivity contribution in [2.24, 2.45) is 5.92 Å². The van der Waals surface area contributed by atoms with Crippen molar-refractivity contribution >= 4 is 23.9 Å². The number of unbranched alkanes of at least 4 members (excludes halogenated alkanes) is 6. The predicted octanol–water partition coefficient (Wildman–Crippen LogP) is 4.55. The average molecular weight is 459 g/mol. The highest BCUT2D eigenvalue weighted by Gasteiger charge is 2.42. The lowest BCUT2D eigenvalue weighted by Crippen LogP contribution is -2.43. The highest BCUT2D eigenvalue weighted by atomic mass is 16.6. The van der Waals surface area contributed by atoms with Crippen LogP contribution in [0.3, 0.4) is 0 Å². The van der Waals surface area contributed by atoms with E-state index in [1.54, 1.807) is 0 Å². The number of rotatable bonds is 19. The molecular formula is C24H42O8. The maximum absolute atomic E-state index is 12.0. The molecule has 186 valence electrons. The molecule has 0 saturated heterocycles. The number of carboxylic acid groups (broad SMARTS) is 1. The van der Waals surface area contributed by atoms with Gasteiger partial charge >= 0.3 is 23.9 Å². The second kappa shape index (κ2) is 17.6. The molecule has 1 unspecified atom stereocenters. The largest absolute Gasteiger partial charge is 0.479 e. The van der Waals surface area contributed by atoms with E-state index in [-0.39, 0.29) is 6.61 Å². The zero-order valence-electron chi connectivity index (χ0n) is 20.0. The van der Waals surface area contributed by atoms with Gasteiger partial charge in [-0.3, -0.25) is 14.4 Å². The quantitative estimate of drug-likeness (QED) is 0.164. The Hall–Kier alpha value is -1.96. The fraction of sp³-hybridized carbons (Fsp3) is 0.833. The van der Waals surface area contributed by atoms with Crippen LogP contribution in [0, 0.1) is 5.92 Å². The molecule has 0 radical (unpaired) electrons. The number of ether oxygens (including phenoxy) is 2. The lowest BCUT2D eigenvalue weighted by atomic mass is 9.90. The molecule has 0 aliphatic heterocycles. The molecular weight excluding hydrogens is 416 g/mol. The summed E-state index contributed by atoms with van der Waals surface area (Å²) < 4.78 is 9.35. The van der Waals surface area contributed by atoms with Gasteiger partial charge in [0.25, 0.3) is 0 Å². The number of carbonyl (C=O) groups is 4. The molecule has 0 rings (SSSR count). The van der Waals surface area contributed by atoms with Gasteiger partial charge in [0.05, 0.1) is 19.4 Å². The van der Waals surface area contributed by atoms with Crippen LogP contribution < -0.4 is 0 Å². The maximum atomic E-state index is 12.0. The Bertz CT molecular complexity index is 562. The van der Waals surface area contributed by atoms with Crippen LogP contribution in [0.15, 0.2) is 0 Å². The molecule has 0 aromatic carbocycles. The lowest BCUT2D eigenvalue weighted by molar-refractivity contribution is -0.175. The van der Waals surface area contributed by atoms with Crippen LogP contribution in [0.4, 0.5) is 0 Å². The summed E-state index contributed by atoms with van der Waals surface area (Å²) in [6.07, 6.45) is 11.8. The Morgan fingerprint density at radius 1 is 0.781 bits per heavy atom. The van der Waals surface area contributed by atoms with E-state index in [2.05, 4.69) is 18.6 Å². The normalized spacial score (nSPS) is 12.9. The Morgan fingerprint density at radius 2 is 1.28 bits per heavy atom. The van der Waals surface area contributed by atoms with E-state index in [9.17, 15) is 29.4 Å². The van der Waals surface area contributed by atoms with Crippen molar-refractivity contribution in [3.63, 3.8) is 0 Å². The number of aliphatic hydroxyl groups is 1. The fourth-order valence-electron chi connectivity index (χ4n) is 3.65. The van der Waals surface area contributed by atoms with Crippen LogP contribution in [-0.2, 0) is 28.7 Å². The van der Waals surface area contributed by atoms with E-state index in [1.807, 2.05) is 0 Å². The van der Waals surface area contributed by atoms with Crippen LogP contribution in [0.5, 0.6) is 0 Å². The maximum Gasteiger partial charge on any atom is 0.336 e. The van der Waals surface area contributed by atoms with Crippen LogP contribution in [0.1, 0.15) is 111 Å². The summed E-state index contributed by atoms with van der Waals surface area (Å²) in [7, 11) is 0. The van der Waals surface area contributed by atoms with Crippen LogP contribution in [0.25, 0.3) is 0 Å². The SMILES string of the molecule is CCCCCCC(CCCCCC)CCCOC(=O)CC(O)(CC(=O)OC(C)=O)C(=O)O. The van der Waals surface area contributed by atoms with Crippen molar-refractivity contribution < 1.29 is 38.9 Å². The highest BCUT2D eigenvalue weighted by Crippen LogP contribution is 2.23. The molecule has 8 nitrogen and oxygen atoms in total. The van der Waals surface area contributed by atoms with Gasteiger partial charge in [0.2, 0.25) is 0 Å².